The number of likely N-dealkylation sites (N-methyl/N-ethyl adjacent to an activating group) is 1. The molecule has 1 aromatic rings. The summed E-state index contributed by atoms with van der Waals surface area (Å²) in [5, 5.41) is 11.9. The fourth-order valence-corrected chi connectivity index (χ4v) is 2.02. The van der Waals surface area contributed by atoms with E-state index in [-0.39, 0.29) is 18.4 Å². The van der Waals surface area contributed by atoms with E-state index >= 15 is 0 Å². The predicted molar refractivity (Wildman–Crippen MR) is 81.9 cm³/mol. The van der Waals surface area contributed by atoms with Crippen molar-refractivity contribution in [3.8, 4) is 0 Å². The van der Waals surface area contributed by atoms with Crippen molar-refractivity contribution in [2.75, 3.05) is 20.6 Å². The van der Waals surface area contributed by atoms with Gasteiger partial charge in [0.05, 0.1) is 11.5 Å². The number of rotatable bonds is 7. The molecule has 0 aliphatic carbocycles. The number of carbonyl (C=O) groups excluding carboxylic acids is 1. The Bertz CT molecular complexity index is 484. The number of hydrogen-bond donors (Lipinski definition) is 2. The maximum absolute atomic E-state index is 11.9. The lowest BCUT2D eigenvalue weighted by Crippen LogP contribution is -2.38. The number of aliphatic carboxylic acids is 1. The van der Waals surface area contributed by atoms with Crippen LogP contribution >= 0.6 is 0 Å². The molecule has 0 saturated carbocycles. The van der Waals surface area contributed by atoms with Gasteiger partial charge in [-0.1, -0.05) is 30.3 Å². The van der Waals surface area contributed by atoms with Crippen LogP contribution in [0.5, 0.6) is 0 Å². The second kappa shape index (κ2) is 7.22. The lowest BCUT2D eigenvalue weighted by Gasteiger charge is -2.26. The van der Waals surface area contributed by atoms with Gasteiger partial charge in [0.15, 0.2) is 0 Å². The van der Waals surface area contributed by atoms with Crippen LogP contribution < -0.4 is 5.32 Å². The van der Waals surface area contributed by atoms with Crippen molar-refractivity contribution in [1.29, 1.82) is 0 Å². The lowest BCUT2D eigenvalue weighted by molar-refractivity contribution is -0.149. The van der Waals surface area contributed by atoms with Crippen LogP contribution in [0.25, 0.3) is 0 Å². The van der Waals surface area contributed by atoms with Crippen molar-refractivity contribution in [3.63, 3.8) is 0 Å². The monoisotopic (exact) mass is 292 g/mol. The zero-order chi connectivity index (χ0) is 16.0. The van der Waals surface area contributed by atoms with Gasteiger partial charge in [0.1, 0.15) is 0 Å². The van der Waals surface area contributed by atoms with E-state index in [1.165, 1.54) is 0 Å². The molecule has 0 heterocycles. The molecule has 1 aromatic carbocycles. The van der Waals surface area contributed by atoms with Gasteiger partial charge < -0.3 is 15.3 Å². The quantitative estimate of drug-likeness (QED) is 0.805. The van der Waals surface area contributed by atoms with Crippen LogP contribution in [0.3, 0.4) is 0 Å². The van der Waals surface area contributed by atoms with Gasteiger partial charge in [0.25, 0.3) is 0 Å². The molecule has 1 rings (SSSR count). The summed E-state index contributed by atoms with van der Waals surface area (Å²) < 4.78 is 0. The molecule has 5 heteroatoms. The summed E-state index contributed by atoms with van der Waals surface area (Å²) in [5.41, 5.74) is 0.0602. The third-order valence-corrected chi connectivity index (χ3v) is 3.48. The first-order chi connectivity index (χ1) is 9.74. The Morgan fingerprint density at radius 1 is 1.24 bits per heavy atom. The van der Waals surface area contributed by atoms with Crippen LogP contribution in [0, 0.1) is 5.41 Å². The van der Waals surface area contributed by atoms with Crippen LogP contribution in [0.4, 0.5) is 0 Å². The molecule has 5 nitrogen and oxygen atoms in total. The van der Waals surface area contributed by atoms with Crippen molar-refractivity contribution < 1.29 is 14.7 Å². The van der Waals surface area contributed by atoms with Gasteiger partial charge in [0.2, 0.25) is 5.91 Å². The molecule has 116 valence electrons. The molecule has 0 aliphatic heterocycles. The highest BCUT2D eigenvalue weighted by atomic mass is 16.4. The van der Waals surface area contributed by atoms with E-state index < -0.39 is 11.4 Å². The second-order valence-electron chi connectivity index (χ2n) is 6.06. The Hall–Kier alpha value is -1.88. The third-order valence-electron chi connectivity index (χ3n) is 3.48. The Balaban J connectivity index is 2.63. The van der Waals surface area contributed by atoms with Crippen LogP contribution in [-0.4, -0.2) is 42.5 Å². The highest BCUT2D eigenvalue weighted by molar-refractivity contribution is 5.84. The van der Waals surface area contributed by atoms with E-state index in [1.807, 2.05) is 49.3 Å². The van der Waals surface area contributed by atoms with Gasteiger partial charge in [-0.2, -0.15) is 0 Å². The zero-order valence-corrected chi connectivity index (χ0v) is 13.1. The van der Waals surface area contributed by atoms with Gasteiger partial charge >= 0.3 is 5.97 Å². The average Bonchev–Trinajstić information content (AvgIpc) is 2.39. The SMILES string of the molecule is CN(C)C(CNC(=O)CC(C)(C)C(=O)O)c1ccccc1. The van der Waals surface area contributed by atoms with Gasteiger partial charge in [-0.3, -0.25) is 9.59 Å². The smallest absolute Gasteiger partial charge is 0.309 e. The summed E-state index contributed by atoms with van der Waals surface area (Å²) in [4.78, 5) is 25.0. The number of carboxylic acid groups (broad SMARTS) is 1. The van der Waals surface area contributed by atoms with Crippen molar-refractivity contribution in [3.05, 3.63) is 35.9 Å². The molecule has 2 N–H and O–H groups in total. The van der Waals surface area contributed by atoms with Crippen molar-refractivity contribution in [1.82, 2.24) is 10.2 Å². The Labute approximate surface area is 126 Å². The standard InChI is InChI=1S/C16H24N2O3/c1-16(2,15(20)21)10-14(19)17-11-13(18(3)4)12-8-6-5-7-9-12/h5-9,13H,10-11H2,1-4H3,(H,17,19)(H,20,21). The van der Waals surface area contributed by atoms with E-state index in [2.05, 4.69) is 5.32 Å². The Kier molecular flexibility index (Phi) is 5.90. The second-order valence-corrected chi connectivity index (χ2v) is 6.06. The average molecular weight is 292 g/mol. The first-order valence-corrected chi connectivity index (χ1v) is 6.95. The molecule has 0 fully saturated rings. The number of carbonyl (C=O) groups is 2. The molecular formula is C16H24N2O3. The van der Waals surface area contributed by atoms with E-state index in [0.717, 1.165) is 5.56 Å². The van der Waals surface area contributed by atoms with E-state index in [0.29, 0.717) is 6.54 Å². The number of hydrogen-bond acceptors (Lipinski definition) is 3. The number of nitrogens with one attached hydrogen (secondary N) is 1. The summed E-state index contributed by atoms with van der Waals surface area (Å²) in [6.45, 7) is 3.55. The fraction of sp³-hybridized carbons (Fsp3) is 0.500. The van der Waals surface area contributed by atoms with E-state index in [1.54, 1.807) is 13.8 Å². The summed E-state index contributed by atoms with van der Waals surface area (Å²) in [6.07, 6.45) is -0.0305. The molecular weight excluding hydrogens is 268 g/mol. The summed E-state index contributed by atoms with van der Waals surface area (Å²) in [7, 11) is 3.90. The first kappa shape index (κ1) is 17.2. The highest BCUT2D eigenvalue weighted by Gasteiger charge is 2.30. The maximum atomic E-state index is 11.9. The minimum absolute atomic E-state index is 0.0305. The van der Waals surface area contributed by atoms with Crippen molar-refractivity contribution >= 4 is 11.9 Å². The first-order valence-electron chi connectivity index (χ1n) is 6.95. The summed E-state index contributed by atoms with van der Waals surface area (Å²) >= 11 is 0. The molecule has 0 aliphatic rings. The molecule has 21 heavy (non-hydrogen) atoms. The molecule has 0 saturated heterocycles. The van der Waals surface area contributed by atoms with E-state index in [9.17, 15) is 9.59 Å². The Morgan fingerprint density at radius 2 is 1.81 bits per heavy atom. The van der Waals surface area contributed by atoms with Gasteiger partial charge in [-0.05, 0) is 33.5 Å². The number of amides is 1. The molecule has 0 radical (unpaired) electrons. The van der Waals surface area contributed by atoms with Crippen LogP contribution in [0.2, 0.25) is 0 Å². The maximum Gasteiger partial charge on any atom is 0.309 e. The minimum atomic E-state index is -1.05. The van der Waals surface area contributed by atoms with Crippen molar-refractivity contribution in [2.24, 2.45) is 5.41 Å². The largest absolute Gasteiger partial charge is 0.481 e. The van der Waals surface area contributed by atoms with Gasteiger partial charge in [-0.25, -0.2) is 0 Å². The lowest BCUT2D eigenvalue weighted by atomic mass is 9.89. The van der Waals surface area contributed by atoms with E-state index in [4.69, 9.17) is 5.11 Å². The number of benzene rings is 1. The molecule has 0 aromatic heterocycles. The fourth-order valence-electron chi connectivity index (χ4n) is 2.02. The Morgan fingerprint density at radius 3 is 2.29 bits per heavy atom. The van der Waals surface area contributed by atoms with Crippen LogP contribution in [0.15, 0.2) is 30.3 Å². The van der Waals surface area contributed by atoms with Crippen molar-refractivity contribution in [2.45, 2.75) is 26.3 Å². The topological polar surface area (TPSA) is 69.6 Å². The molecule has 1 amide bonds. The highest BCUT2D eigenvalue weighted by Crippen LogP contribution is 2.21. The normalized spacial score (nSPS) is 13.0. The summed E-state index contributed by atoms with van der Waals surface area (Å²) in [6, 6.07) is 9.95. The number of carboxylic acids is 1. The zero-order valence-electron chi connectivity index (χ0n) is 13.1. The summed E-state index contributed by atoms with van der Waals surface area (Å²) in [5.74, 6) is -1.21. The number of nitrogens with zero attached hydrogens (tertiary/aromatic N) is 1. The minimum Gasteiger partial charge on any atom is -0.481 e. The molecule has 1 atom stereocenters. The van der Waals surface area contributed by atoms with Gasteiger partial charge in [0, 0.05) is 13.0 Å². The third kappa shape index (κ3) is 5.19. The van der Waals surface area contributed by atoms with Gasteiger partial charge in [-0.15, -0.1) is 0 Å². The molecule has 1 unspecified atom stereocenters. The molecule has 0 bridgehead atoms. The predicted octanol–water partition coefficient (Wildman–Crippen LogP) is 1.91. The van der Waals surface area contributed by atoms with Crippen LogP contribution in [-0.2, 0) is 9.59 Å². The van der Waals surface area contributed by atoms with Crippen LogP contribution in [0.1, 0.15) is 31.9 Å². The molecule has 0 spiro atoms.